The van der Waals surface area contributed by atoms with Gasteiger partial charge >= 0.3 is 5.97 Å². The van der Waals surface area contributed by atoms with E-state index in [1.807, 2.05) is 5.38 Å². The Kier molecular flexibility index (Phi) is 3.62. The van der Waals surface area contributed by atoms with Crippen LogP contribution in [-0.4, -0.2) is 17.0 Å². The van der Waals surface area contributed by atoms with Crippen molar-refractivity contribution >= 4 is 28.9 Å². The van der Waals surface area contributed by atoms with Crippen LogP contribution in [0.25, 0.3) is 0 Å². The van der Waals surface area contributed by atoms with E-state index in [1.54, 1.807) is 11.4 Å². The fourth-order valence-corrected chi connectivity index (χ4v) is 1.48. The van der Waals surface area contributed by atoms with Crippen LogP contribution < -0.4 is 5.32 Å². The average molecular weight is 225 g/mol. The van der Waals surface area contributed by atoms with E-state index in [-0.39, 0.29) is 17.1 Å². The number of carboxylic acids is 1. The first-order chi connectivity index (χ1) is 7.02. The van der Waals surface area contributed by atoms with Gasteiger partial charge in [0.2, 0.25) is 0 Å². The molecule has 5 heteroatoms. The lowest BCUT2D eigenvalue weighted by Crippen LogP contribution is -2.15. The van der Waals surface area contributed by atoms with Gasteiger partial charge in [-0.15, -0.1) is 0 Å². The van der Waals surface area contributed by atoms with Crippen LogP contribution in [0.15, 0.2) is 28.0 Å². The standard InChI is InChI=1S/C10H11NO3S/c1-6(7(2)10(13)14)9(12)11-8-3-4-15-5-8/h3-5H,1-2H3,(H,11,12)(H,13,14)/b7-6+. The molecule has 0 saturated heterocycles. The van der Waals surface area contributed by atoms with Gasteiger partial charge in [-0.2, -0.15) is 11.3 Å². The zero-order chi connectivity index (χ0) is 11.4. The van der Waals surface area contributed by atoms with Crippen LogP contribution in [-0.2, 0) is 9.59 Å². The van der Waals surface area contributed by atoms with Crippen LogP contribution in [0, 0.1) is 0 Å². The van der Waals surface area contributed by atoms with Gasteiger partial charge < -0.3 is 10.4 Å². The van der Waals surface area contributed by atoms with E-state index in [2.05, 4.69) is 5.32 Å². The van der Waals surface area contributed by atoms with Crippen LogP contribution in [0.2, 0.25) is 0 Å². The maximum absolute atomic E-state index is 11.5. The summed E-state index contributed by atoms with van der Waals surface area (Å²) in [4.78, 5) is 22.1. The number of carbonyl (C=O) groups is 2. The Morgan fingerprint density at radius 2 is 2.00 bits per heavy atom. The van der Waals surface area contributed by atoms with Gasteiger partial charge in [0.1, 0.15) is 0 Å². The summed E-state index contributed by atoms with van der Waals surface area (Å²) in [7, 11) is 0. The van der Waals surface area contributed by atoms with E-state index >= 15 is 0 Å². The highest BCUT2D eigenvalue weighted by Crippen LogP contribution is 2.14. The van der Waals surface area contributed by atoms with E-state index < -0.39 is 5.97 Å². The first-order valence-electron chi connectivity index (χ1n) is 4.26. The molecule has 4 nitrogen and oxygen atoms in total. The second kappa shape index (κ2) is 4.75. The van der Waals surface area contributed by atoms with Crippen molar-refractivity contribution in [2.24, 2.45) is 0 Å². The highest BCUT2D eigenvalue weighted by molar-refractivity contribution is 7.08. The Morgan fingerprint density at radius 3 is 2.47 bits per heavy atom. The molecule has 0 bridgehead atoms. The molecule has 1 heterocycles. The van der Waals surface area contributed by atoms with Crippen molar-refractivity contribution < 1.29 is 14.7 Å². The molecule has 0 atom stereocenters. The number of nitrogens with one attached hydrogen (secondary N) is 1. The number of aliphatic carboxylic acids is 1. The molecule has 1 rings (SSSR count). The summed E-state index contributed by atoms with van der Waals surface area (Å²) in [5.74, 6) is -1.46. The molecular formula is C10H11NO3S. The highest BCUT2D eigenvalue weighted by atomic mass is 32.1. The summed E-state index contributed by atoms with van der Waals surface area (Å²) >= 11 is 1.46. The van der Waals surface area contributed by atoms with Crippen LogP contribution in [0.5, 0.6) is 0 Å². The third-order valence-electron chi connectivity index (χ3n) is 2.00. The quantitative estimate of drug-likeness (QED) is 0.774. The van der Waals surface area contributed by atoms with Crippen molar-refractivity contribution in [3.05, 3.63) is 28.0 Å². The van der Waals surface area contributed by atoms with Gasteiger partial charge in [-0.3, -0.25) is 4.79 Å². The molecule has 0 aliphatic rings. The molecule has 1 aromatic heterocycles. The zero-order valence-corrected chi connectivity index (χ0v) is 9.22. The lowest BCUT2D eigenvalue weighted by molar-refractivity contribution is -0.133. The maximum atomic E-state index is 11.5. The van der Waals surface area contributed by atoms with Crippen molar-refractivity contribution in [1.82, 2.24) is 0 Å². The molecule has 0 aromatic carbocycles. The summed E-state index contributed by atoms with van der Waals surface area (Å²) in [6.07, 6.45) is 0. The summed E-state index contributed by atoms with van der Waals surface area (Å²) in [6.45, 7) is 2.90. The molecule has 0 spiro atoms. The lowest BCUT2D eigenvalue weighted by atomic mass is 10.1. The molecule has 0 aliphatic heterocycles. The number of anilines is 1. The van der Waals surface area contributed by atoms with Crippen LogP contribution >= 0.6 is 11.3 Å². The fourth-order valence-electron chi connectivity index (χ4n) is 0.891. The van der Waals surface area contributed by atoms with Gasteiger partial charge in [0.25, 0.3) is 5.91 Å². The van der Waals surface area contributed by atoms with E-state index in [4.69, 9.17) is 5.11 Å². The minimum Gasteiger partial charge on any atom is -0.478 e. The topological polar surface area (TPSA) is 66.4 Å². The smallest absolute Gasteiger partial charge is 0.331 e. The second-order valence-electron chi connectivity index (χ2n) is 3.02. The molecule has 1 aromatic rings. The molecule has 80 valence electrons. The summed E-state index contributed by atoms with van der Waals surface area (Å²) < 4.78 is 0. The first-order valence-corrected chi connectivity index (χ1v) is 5.21. The SMILES string of the molecule is C/C(C(=O)O)=C(/C)C(=O)Nc1ccsc1. The molecule has 0 unspecified atom stereocenters. The van der Waals surface area contributed by atoms with Gasteiger partial charge in [-0.1, -0.05) is 0 Å². The Balaban J connectivity index is 2.78. The Hall–Kier alpha value is -1.62. The minimum atomic E-state index is -1.08. The molecule has 0 saturated carbocycles. The number of carbonyl (C=O) groups excluding carboxylic acids is 1. The van der Waals surface area contributed by atoms with Gasteiger partial charge in [0, 0.05) is 16.5 Å². The summed E-state index contributed by atoms with van der Waals surface area (Å²) in [5.41, 5.74) is 0.957. The Bertz CT molecular complexity index is 406. The Morgan fingerprint density at radius 1 is 1.33 bits per heavy atom. The highest BCUT2D eigenvalue weighted by Gasteiger charge is 2.12. The molecule has 15 heavy (non-hydrogen) atoms. The van der Waals surface area contributed by atoms with Gasteiger partial charge in [-0.25, -0.2) is 4.79 Å². The van der Waals surface area contributed by atoms with Crippen LogP contribution in [0.3, 0.4) is 0 Å². The summed E-state index contributed by atoms with van der Waals surface area (Å²) in [6, 6.07) is 1.76. The van der Waals surface area contributed by atoms with E-state index in [0.29, 0.717) is 5.69 Å². The van der Waals surface area contributed by atoms with Gasteiger partial charge in [0.05, 0.1) is 5.69 Å². The number of hydrogen-bond donors (Lipinski definition) is 2. The molecule has 1 amide bonds. The third-order valence-corrected chi connectivity index (χ3v) is 2.69. The second-order valence-corrected chi connectivity index (χ2v) is 3.80. The van der Waals surface area contributed by atoms with E-state index in [9.17, 15) is 9.59 Å². The third kappa shape index (κ3) is 2.92. The predicted octanol–water partition coefficient (Wildman–Crippen LogP) is 2.11. The normalized spacial score (nSPS) is 11.9. The molecule has 0 radical (unpaired) electrons. The van der Waals surface area contributed by atoms with Crippen molar-refractivity contribution in [3.8, 4) is 0 Å². The van der Waals surface area contributed by atoms with Crippen molar-refractivity contribution in [3.63, 3.8) is 0 Å². The van der Waals surface area contributed by atoms with E-state index in [1.165, 1.54) is 25.2 Å². The minimum absolute atomic E-state index is 0.0581. The van der Waals surface area contributed by atoms with Gasteiger partial charge in [-0.05, 0) is 25.3 Å². The number of rotatable bonds is 3. The Labute approximate surface area is 91.2 Å². The number of amides is 1. The monoisotopic (exact) mass is 225 g/mol. The van der Waals surface area contributed by atoms with Crippen molar-refractivity contribution in [2.75, 3.05) is 5.32 Å². The lowest BCUT2D eigenvalue weighted by Gasteiger charge is -2.04. The first kappa shape index (κ1) is 11.5. The van der Waals surface area contributed by atoms with Crippen molar-refractivity contribution in [1.29, 1.82) is 0 Å². The zero-order valence-electron chi connectivity index (χ0n) is 8.40. The van der Waals surface area contributed by atoms with E-state index in [0.717, 1.165) is 0 Å². The molecular weight excluding hydrogens is 214 g/mol. The fraction of sp³-hybridized carbons (Fsp3) is 0.200. The number of carboxylic acid groups (broad SMARTS) is 1. The predicted molar refractivity (Wildman–Crippen MR) is 59.0 cm³/mol. The summed E-state index contributed by atoms with van der Waals surface area (Å²) in [5, 5.41) is 14.9. The average Bonchev–Trinajstić information content (AvgIpc) is 2.67. The molecule has 0 fully saturated rings. The molecule has 0 aliphatic carbocycles. The van der Waals surface area contributed by atoms with Crippen LogP contribution in [0.1, 0.15) is 13.8 Å². The van der Waals surface area contributed by atoms with Crippen LogP contribution in [0.4, 0.5) is 5.69 Å². The number of hydrogen-bond acceptors (Lipinski definition) is 3. The van der Waals surface area contributed by atoms with Gasteiger partial charge in [0.15, 0.2) is 0 Å². The maximum Gasteiger partial charge on any atom is 0.331 e. The number of thiophene rings is 1. The largest absolute Gasteiger partial charge is 0.478 e. The van der Waals surface area contributed by atoms with Crippen molar-refractivity contribution in [2.45, 2.75) is 13.8 Å². The molecule has 2 N–H and O–H groups in total.